The van der Waals surface area contributed by atoms with Gasteiger partial charge in [0.15, 0.2) is 0 Å². The van der Waals surface area contributed by atoms with Gasteiger partial charge in [0, 0.05) is 0 Å². The van der Waals surface area contributed by atoms with E-state index in [2.05, 4.69) is 10.6 Å². The summed E-state index contributed by atoms with van der Waals surface area (Å²) in [6, 6.07) is -5.39. The number of carboxylic acids is 2. The Balaban J connectivity index is 4.94. The second kappa shape index (κ2) is 10.7. The minimum Gasteiger partial charge on any atom is -0.481 e. The molecule has 4 unspecified atom stereocenters. The molecule has 0 spiro atoms. The molecule has 0 bridgehead atoms. The van der Waals surface area contributed by atoms with E-state index in [1.807, 2.05) is 5.32 Å². The van der Waals surface area contributed by atoms with Crippen molar-refractivity contribution in [2.24, 2.45) is 11.5 Å². The van der Waals surface area contributed by atoms with Gasteiger partial charge in [0.2, 0.25) is 23.6 Å². The molecule has 0 aromatic heterocycles. The predicted octanol–water partition coefficient (Wildman–Crippen LogP) is -3.76. The molecule has 0 aromatic rings. The predicted molar refractivity (Wildman–Crippen MR) is 88.8 cm³/mol. The van der Waals surface area contributed by atoms with Gasteiger partial charge in [-0.1, -0.05) is 0 Å². The minimum atomic E-state index is -1.57. The van der Waals surface area contributed by atoms with E-state index in [-0.39, 0.29) is 0 Å². The van der Waals surface area contributed by atoms with Crippen molar-refractivity contribution in [3.05, 3.63) is 0 Å². The highest BCUT2D eigenvalue weighted by atomic mass is 16.4. The van der Waals surface area contributed by atoms with Gasteiger partial charge in [-0.05, 0) is 13.8 Å². The lowest BCUT2D eigenvalue weighted by atomic mass is 10.1. The lowest BCUT2D eigenvalue weighted by Crippen LogP contribution is -2.56. The quantitative estimate of drug-likeness (QED) is 0.183. The van der Waals surface area contributed by atoms with Crippen LogP contribution in [0.15, 0.2) is 0 Å². The number of primary amides is 1. The average Bonchev–Trinajstić information content (AvgIpc) is 2.52. The standard InChI is InChI=1S/C14H23N5O8/c1-5(17-12(24)7(15)3-9(16)20)11(23)19-8(4-10(21)22)13(25)18-6(2)14(26)27/h5-8H,3-4,15H2,1-2H3,(H2,16,20)(H,17,24)(H,18,25)(H,19,23)(H,21,22)(H,26,27). The number of nitrogens with two attached hydrogens (primary N) is 2. The van der Waals surface area contributed by atoms with E-state index in [0.717, 1.165) is 6.92 Å². The largest absolute Gasteiger partial charge is 0.481 e. The van der Waals surface area contributed by atoms with Gasteiger partial charge in [0.1, 0.15) is 18.1 Å². The van der Waals surface area contributed by atoms with Gasteiger partial charge < -0.3 is 37.6 Å². The minimum absolute atomic E-state index is 0.447. The molecule has 4 atom stereocenters. The van der Waals surface area contributed by atoms with Crippen LogP contribution in [0, 0.1) is 0 Å². The third-order valence-electron chi connectivity index (χ3n) is 3.25. The molecule has 0 heterocycles. The number of nitrogens with one attached hydrogen (secondary N) is 3. The summed E-state index contributed by atoms with van der Waals surface area (Å²) in [6.45, 7) is 2.39. The highest BCUT2D eigenvalue weighted by Gasteiger charge is 2.29. The summed E-state index contributed by atoms with van der Waals surface area (Å²) in [7, 11) is 0. The number of hydrogen-bond donors (Lipinski definition) is 7. The molecule has 0 aromatic carbocycles. The molecule has 0 rings (SSSR count). The van der Waals surface area contributed by atoms with Crippen molar-refractivity contribution < 1.29 is 39.0 Å². The third kappa shape index (κ3) is 9.15. The maximum absolute atomic E-state index is 12.1. The molecule has 13 nitrogen and oxygen atoms in total. The number of amides is 4. The molecule has 0 saturated carbocycles. The SMILES string of the molecule is CC(NC(=O)C(CC(=O)O)NC(=O)C(C)NC(=O)C(N)CC(N)=O)C(=O)O. The molecule has 13 heteroatoms. The summed E-state index contributed by atoms with van der Waals surface area (Å²) in [6.07, 6.45) is -1.26. The van der Waals surface area contributed by atoms with Crippen LogP contribution in [0.4, 0.5) is 0 Å². The zero-order valence-electron chi connectivity index (χ0n) is 14.7. The number of hydrogen-bond acceptors (Lipinski definition) is 7. The normalized spacial score (nSPS) is 14.8. The van der Waals surface area contributed by atoms with Gasteiger partial charge >= 0.3 is 11.9 Å². The Hall–Kier alpha value is -3.22. The van der Waals surface area contributed by atoms with Crippen molar-refractivity contribution in [1.29, 1.82) is 0 Å². The first-order valence-corrected chi connectivity index (χ1v) is 7.74. The van der Waals surface area contributed by atoms with Crippen LogP contribution < -0.4 is 27.4 Å². The molecule has 0 fully saturated rings. The summed E-state index contributed by atoms with van der Waals surface area (Å²) >= 11 is 0. The van der Waals surface area contributed by atoms with Crippen molar-refractivity contribution in [2.45, 2.75) is 50.9 Å². The van der Waals surface area contributed by atoms with Crippen LogP contribution in [0.3, 0.4) is 0 Å². The molecule has 152 valence electrons. The van der Waals surface area contributed by atoms with E-state index in [0.29, 0.717) is 0 Å². The van der Waals surface area contributed by atoms with Crippen LogP contribution in [0.25, 0.3) is 0 Å². The Morgan fingerprint density at radius 2 is 1.33 bits per heavy atom. The maximum Gasteiger partial charge on any atom is 0.325 e. The van der Waals surface area contributed by atoms with Crippen LogP contribution in [0.5, 0.6) is 0 Å². The van der Waals surface area contributed by atoms with Gasteiger partial charge in [0.05, 0.1) is 18.9 Å². The van der Waals surface area contributed by atoms with Gasteiger partial charge in [-0.15, -0.1) is 0 Å². The lowest BCUT2D eigenvalue weighted by molar-refractivity contribution is -0.143. The Kier molecular flexibility index (Phi) is 9.42. The van der Waals surface area contributed by atoms with Crippen LogP contribution >= 0.6 is 0 Å². The van der Waals surface area contributed by atoms with Crippen molar-refractivity contribution in [3.8, 4) is 0 Å². The fourth-order valence-corrected chi connectivity index (χ4v) is 1.75. The molecule has 0 radical (unpaired) electrons. The van der Waals surface area contributed by atoms with Crippen LogP contribution in [0.2, 0.25) is 0 Å². The average molecular weight is 389 g/mol. The summed E-state index contributed by atoms with van der Waals surface area (Å²) < 4.78 is 0. The number of carbonyl (C=O) groups is 6. The van der Waals surface area contributed by atoms with Gasteiger partial charge in [-0.2, -0.15) is 0 Å². The summed E-state index contributed by atoms with van der Waals surface area (Å²) in [5, 5.41) is 23.9. The molecule has 0 aliphatic carbocycles. The van der Waals surface area contributed by atoms with Crippen molar-refractivity contribution >= 4 is 35.6 Å². The monoisotopic (exact) mass is 389 g/mol. The second-order valence-corrected chi connectivity index (χ2v) is 5.73. The first-order chi connectivity index (χ1) is 12.3. The Morgan fingerprint density at radius 3 is 1.78 bits per heavy atom. The van der Waals surface area contributed by atoms with Crippen molar-refractivity contribution in [3.63, 3.8) is 0 Å². The van der Waals surface area contributed by atoms with E-state index in [9.17, 15) is 28.8 Å². The van der Waals surface area contributed by atoms with E-state index < -0.39 is 72.6 Å². The topological polar surface area (TPSA) is 231 Å². The van der Waals surface area contributed by atoms with E-state index in [1.54, 1.807) is 0 Å². The van der Waals surface area contributed by atoms with E-state index >= 15 is 0 Å². The smallest absolute Gasteiger partial charge is 0.325 e. The number of aliphatic carboxylic acids is 2. The summed E-state index contributed by atoms with van der Waals surface area (Å²) in [5.74, 6) is -6.38. The molecule has 0 aliphatic heterocycles. The number of carbonyl (C=O) groups excluding carboxylic acids is 4. The number of rotatable bonds is 11. The van der Waals surface area contributed by atoms with Crippen molar-refractivity contribution in [1.82, 2.24) is 16.0 Å². The first kappa shape index (κ1) is 23.8. The maximum atomic E-state index is 12.1. The molecule has 4 amide bonds. The highest BCUT2D eigenvalue weighted by Crippen LogP contribution is 1.98. The lowest BCUT2D eigenvalue weighted by Gasteiger charge is -2.21. The van der Waals surface area contributed by atoms with Crippen LogP contribution in [0.1, 0.15) is 26.7 Å². The fourth-order valence-electron chi connectivity index (χ4n) is 1.75. The van der Waals surface area contributed by atoms with E-state index in [4.69, 9.17) is 21.7 Å². The zero-order valence-corrected chi connectivity index (χ0v) is 14.7. The Bertz CT molecular complexity index is 623. The summed E-state index contributed by atoms with van der Waals surface area (Å²) in [4.78, 5) is 68.2. The third-order valence-corrected chi connectivity index (χ3v) is 3.25. The van der Waals surface area contributed by atoms with E-state index in [1.165, 1.54) is 6.92 Å². The zero-order chi connectivity index (χ0) is 21.3. The molecule has 27 heavy (non-hydrogen) atoms. The molecular weight excluding hydrogens is 366 g/mol. The highest BCUT2D eigenvalue weighted by molar-refractivity contribution is 5.95. The number of carboxylic acid groups (broad SMARTS) is 2. The van der Waals surface area contributed by atoms with Crippen LogP contribution in [-0.4, -0.2) is 69.9 Å². The first-order valence-electron chi connectivity index (χ1n) is 7.74. The van der Waals surface area contributed by atoms with Crippen molar-refractivity contribution in [2.75, 3.05) is 0 Å². The second-order valence-electron chi connectivity index (χ2n) is 5.73. The molecule has 0 saturated heterocycles. The van der Waals surface area contributed by atoms with Crippen LogP contribution in [-0.2, 0) is 28.8 Å². The molecular formula is C14H23N5O8. The Morgan fingerprint density at radius 1 is 0.815 bits per heavy atom. The van der Waals surface area contributed by atoms with Gasteiger partial charge in [0.25, 0.3) is 0 Å². The van der Waals surface area contributed by atoms with Gasteiger partial charge in [-0.25, -0.2) is 0 Å². The molecule has 0 aliphatic rings. The molecule has 9 N–H and O–H groups in total. The fraction of sp³-hybridized carbons (Fsp3) is 0.571. The Labute approximate surface area is 153 Å². The van der Waals surface area contributed by atoms with Gasteiger partial charge in [-0.3, -0.25) is 28.8 Å². The summed E-state index contributed by atoms with van der Waals surface area (Å²) in [5.41, 5.74) is 10.3.